The van der Waals surface area contributed by atoms with E-state index in [1.165, 1.54) is 0 Å². The van der Waals surface area contributed by atoms with E-state index in [9.17, 15) is 0 Å². The molecule has 0 amide bonds. The highest BCUT2D eigenvalue weighted by molar-refractivity contribution is 5.45. The predicted octanol–water partition coefficient (Wildman–Crippen LogP) is 1.21. The van der Waals surface area contributed by atoms with Gasteiger partial charge in [-0.2, -0.15) is 5.26 Å². The molecule has 1 aromatic carbocycles. The summed E-state index contributed by atoms with van der Waals surface area (Å²) >= 11 is 0. The fourth-order valence-electron chi connectivity index (χ4n) is 1.44. The van der Waals surface area contributed by atoms with Crippen LogP contribution in [0, 0.1) is 11.3 Å². The van der Waals surface area contributed by atoms with Crippen LogP contribution >= 0.6 is 0 Å². The first-order valence-electron chi connectivity index (χ1n) is 4.74. The molecule has 16 heavy (non-hydrogen) atoms. The number of nitrogens with zero attached hydrogens (tertiary/aromatic N) is 4. The van der Waals surface area contributed by atoms with Crippen LogP contribution in [0.15, 0.2) is 30.6 Å². The van der Waals surface area contributed by atoms with E-state index in [-0.39, 0.29) is 0 Å². The number of ether oxygens (including phenoxy) is 1. The lowest BCUT2D eigenvalue weighted by Gasteiger charge is -2.05. The van der Waals surface area contributed by atoms with Gasteiger partial charge in [0.25, 0.3) is 0 Å². The van der Waals surface area contributed by atoms with Gasteiger partial charge in [0.05, 0.1) is 25.4 Å². The minimum absolute atomic E-state index is 0.528. The first kappa shape index (κ1) is 10.2. The summed E-state index contributed by atoms with van der Waals surface area (Å²) in [5.74, 6) is 0.588. The summed E-state index contributed by atoms with van der Waals surface area (Å²) in [6.45, 7) is 0.596. The lowest BCUT2D eigenvalue weighted by Crippen LogP contribution is -2.01. The second kappa shape index (κ2) is 4.45. The van der Waals surface area contributed by atoms with Crippen LogP contribution in [0.1, 0.15) is 11.1 Å². The number of aromatic nitrogens is 3. The zero-order valence-corrected chi connectivity index (χ0v) is 8.79. The molecule has 0 N–H and O–H groups in total. The zero-order valence-electron chi connectivity index (χ0n) is 8.79. The Morgan fingerprint density at radius 3 is 3.00 bits per heavy atom. The Morgan fingerprint density at radius 2 is 2.38 bits per heavy atom. The van der Waals surface area contributed by atoms with E-state index >= 15 is 0 Å². The van der Waals surface area contributed by atoms with Crippen molar-refractivity contribution >= 4 is 0 Å². The maximum absolute atomic E-state index is 8.94. The molecule has 2 aromatic rings. The van der Waals surface area contributed by atoms with Crippen LogP contribution in [0.3, 0.4) is 0 Å². The van der Waals surface area contributed by atoms with Crippen molar-refractivity contribution < 1.29 is 4.74 Å². The van der Waals surface area contributed by atoms with Gasteiger partial charge in [-0.3, -0.25) is 0 Å². The minimum Gasteiger partial charge on any atom is -0.495 e. The van der Waals surface area contributed by atoms with Gasteiger partial charge >= 0.3 is 0 Å². The normalized spacial score (nSPS) is 9.75. The average molecular weight is 214 g/mol. The maximum Gasteiger partial charge on any atom is 0.136 e. The third-order valence-electron chi connectivity index (χ3n) is 2.20. The van der Waals surface area contributed by atoms with Gasteiger partial charge in [0, 0.05) is 6.20 Å². The van der Waals surface area contributed by atoms with Crippen molar-refractivity contribution in [1.29, 1.82) is 5.26 Å². The van der Waals surface area contributed by atoms with Crippen LogP contribution in [0.2, 0.25) is 0 Å². The van der Waals surface area contributed by atoms with Crippen LogP contribution in [0.4, 0.5) is 0 Å². The summed E-state index contributed by atoms with van der Waals surface area (Å²) in [4.78, 5) is 0. The molecule has 0 bridgehead atoms. The summed E-state index contributed by atoms with van der Waals surface area (Å²) in [5, 5.41) is 16.5. The number of rotatable bonds is 3. The van der Waals surface area contributed by atoms with Crippen LogP contribution in [0.25, 0.3) is 0 Å². The zero-order chi connectivity index (χ0) is 11.4. The van der Waals surface area contributed by atoms with E-state index in [4.69, 9.17) is 10.00 Å². The SMILES string of the molecule is COc1ccc(Cn2ccnn2)cc1C#N. The Hall–Kier alpha value is -2.35. The molecule has 0 unspecified atom stereocenters. The second-order valence-corrected chi connectivity index (χ2v) is 3.25. The Bertz CT molecular complexity index is 513. The number of hydrogen-bond donors (Lipinski definition) is 0. The van der Waals surface area contributed by atoms with Crippen molar-refractivity contribution in [2.45, 2.75) is 6.54 Å². The molecule has 0 atom stereocenters. The van der Waals surface area contributed by atoms with Crippen LogP contribution < -0.4 is 4.74 Å². The van der Waals surface area contributed by atoms with Crippen LogP contribution in [0.5, 0.6) is 5.75 Å². The monoisotopic (exact) mass is 214 g/mol. The van der Waals surface area contributed by atoms with Gasteiger partial charge in [-0.15, -0.1) is 5.10 Å². The Balaban J connectivity index is 2.27. The Labute approximate surface area is 92.9 Å². The molecule has 0 saturated heterocycles. The summed E-state index contributed by atoms with van der Waals surface area (Å²) in [7, 11) is 1.55. The molecular weight excluding hydrogens is 204 g/mol. The molecule has 80 valence electrons. The smallest absolute Gasteiger partial charge is 0.136 e. The molecule has 0 saturated carbocycles. The molecule has 5 nitrogen and oxygen atoms in total. The summed E-state index contributed by atoms with van der Waals surface area (Å²) < 4.78 is 6.77. The molecule has 0 radical (unpaired) electrons. The van der Waals surface area contributed by atoms with Gasteiger partial charge in [0.15, 0.2) is 0 Å². The summed E-state index contributed by atoms with van der Waals surface area (Å²) in [6.07, 6.45) is 3.39. The van der Waals surface area contributed by atoms with E-state index < -0.39 is 0 Å². The number of methoxy groups -OCH3 is 1. The Kier molecular flexibility index (Phi) is 2.83. The van der Waals surface area contributed by atoms with Gasteiger partial charge < -0.3 is 4.74 Å². The van der Waals surface area contributed by atoms with E-state index in [2.05, 4.69) is 16.4 Å². The van der Waals surface area contributed by atoms with Gasteiger partial charge in [-0.05, 0) is 17.7 Å². The predicted molar refractivity (Wildman–Crippen MR) is 56.8 cm³/mol. The molecular formula is C11H10N4O. The van der Waals surface area contributed by atoms with E-state index in [0.29, 0.717) is 17.9 Å². The van der Waals surface area contributed by atoms with Crippen LogP contribution in [-0.2, 0) is 6.54 Å². The molecule has 2 rings (SSSR count). The van der Waals surface area contributed by atoms with Gasteiger partial charge in [-0.1, -0.05) is 11.3 Å². The third kappa shape index (κ3) is 2.01. The van der Waals surface area contributed by atoms with Crippen molar-refractivity contribution in [3.05, 3.63) is 41.7 Å². The second-order valence-electron chi connectivity index (χ2n) is 3.25. The number of nitriles is 1. The fourth-order valence-corrected chi connectivity index (χ4v) is 1.44. The minimum atomic E-state index is 0.528. The van der Waals surface area contributed by atoms with E-state index in [1.54, 1.807) is 36.3 Å². The molecule has 1 aromatic heterocycles. The van der Waals surface area contributed by atoms with Crippen LogP contribution in [-0.4, -0.2) is 22.1 Å². The molecule has 0 aliphatic heterocycles. The van der Waals surface area contributed by atoms with Gasteiger partial charge in [-0.25, -0.2) is 4.68 Å². The molecule has 0 aliphatic rings. The highest BCUT2D eigenvalue weighted by Gasteiger charge is 2.04. The standard InChI is InChI=1S/C11H10N4O/c1-16-11-3-2-9(6-10(11)7-12)8-15-5-4-13-14-15/h2-6H,8H2,1H3. The first-order chi connectivity index (χ1) is 7.83. The molecule has 1 heterocycles. The molecule has 0 spiro atoms. The van der Waals surface area contributed by atoms with Crippen molar-refractivity contribution in [2.75, 3.05) is 7.11 Å². The maximum atomic E-state index is 8.94. The van der Waals surface area contributed by atoms with Crippen molar-refractivity contribution in [2.24, 2.45) is 0 Å². The highest BCUT2D eigenvalue weighted by Crippen LogP contribution is 2.19. The molecule has 0 fully saturated rings. The Morgan fingerprint density at radius 1 is 1.50 bits per heavy atom. The number of hydrogen-bond acceptors (Lipinski definition) is 4. The third-order valence-corrected chi connectivity index (χ3v) is 2.20. The quantitative estimate of drug-likeness (QED) is 0.770. The van der Waals surface area contributed by atoms with E-state index in [0.717, 1.165) is 5.56 Å². The van der Waals surface area contributed by atoms with Gasteiger partial charge in [0.2, 0.25) is 0 Å². The topological polar surface area (TPSA) is 63.7 Å². The average Bonchev–Trinajstić information content (AvgIpc) is 2.81. The first-order valence-corrected chi connectivity index (χ1v) is 4.74. The van der Waals surface area contributed by atoms with Crippen molar-refractivity contribution in [3.63, 3.8) is 0 Å². The van der Waals surface area contributed by atoms with Crippen molar-refractivity contribution in [1.82, 2.24) is 15.0 Å². The van der Waals surface area contributed by atoms with Gasteiger partial charge in [0.1, 0.15) is 11.8 Å². The van der Waals surface area contributed by atoms with E-state index in [1.807, 2.05) is 6.07 Å². The lowest BCUT2D eigenvalue weighted by molar-refractivity contribution is 0.413. The lowest BCUT2D eigenvalue weighted by atomic mass is 10.1. The highest BCUT2D eigenvalue weighted by atomic mass is 16.5. The fraction of sp³-hybridized carbons (Fsp3) is 0.182. The molecule has 5 heteroatoms. The number of benzene rings is 1. The summed E-state index contributed by atoms with van der Waals surface area (Å²) in [5.41, 5.74) is 1.52. The summed E-state index contributed by atoms with van der Waals surface area (Å²) in [6, 6.07) is 7.58. The van der Waals surface area contributed by atoms with Crippen molar-refractivity contribution in [3.8, 4) is 11.8 Å². The molecule has 0 aliphatic carbocycles. The largest absolute Gasteiger partial charge is 0.495 e.